The fraction of sp³-hybridized carbons (Fsp3) is 0.451. The molecule has 3 aliphatic carbocycles. The minimum Gasteiger partial charge on any atom is -0.455 e. The number of nitrogens with one attached hydrogen (secondary N) is 1. The molecular weight excluding hydrogens is 934 g/mol. The summed E-state index contributed by atoms with van der Waals surface area (Å²) >= 11 is 5.88. The van der Waals surface area contributed by atoms with Crippen LogP contribution in [0.1, 0.15) is 93.6 Å². The van der Waals surface area contributed by atoms with Gasteiger partial charge >= 0.3 is 35.5 Å². The van der Waals surface area contributed by atoms with Gasteiger partial charge in [0.2, 0.25) is 6.10 Å². The van der Waals surface area contributed by atoms with Crippen LogP contribution in [0.5, 0.6) is 0 Å². The summed E-state index contributed by atoms with van der Waals surface area (Å²) in [4.78, 5) is 112. The van der Waals surface area contributed by atoms with Gasteiger partial charge in [-0.3, -0.25) is 19.2 Å². The molecule has 7 rings (SSSR count). The van der Waals surface area contributed by atoms with Crippen molar-refractivity contribution >= 4 is 58.8 Å². The summed E-state index contributed by atoms with van der Waals surface area (Å²) in [6, 6.07) is 22.4. The maximum atomic E-state index is 15.9. The van der Waals surface area contributed by atoms with Gasteiger partial charge in [0.05, 0.1) is 30.1 Å². The SMILES string of the molecule is CCOC(=O)OC(C(=O)OC1C[C@@]2(O)C(OC(=O)c3ccccc3)C3C4(OC(C)=O)COC4C[C@H](OC(=O)Cl)[C@@]3(C)C(=O)[C@H](OC(C)=O)C(=C1C)C2(C)C)C(NC(=O)c1ccccc1)c1ccccc1. The lowest BCUT2D eigenvalue weighted by Gasteiger charge is -2.67. The number of amides is 1. The average Bonchev–Trinajstić information content (AvgIpc) is 3.31. The Bertz CT molecular complexity index is 2570. The van der Waals surface area contributed by atoms with Gasteiger partial charge in [0.25, 0.3) is 5.91 Å². The van der Waals surface area contributed by atoms with Crippen molar-refractivity contribution in [1.82, 2.24) is 5.32 Å². The first kappa shape index (κ1) is 51.2. The highest BCUT2D eigenvalue weighted by Gasteiger charge is 2.79. The van der Waals surface area contributed by atoms with Crippen LogP contribution in [-0.4, -0.2) is 113 Å². The molecule has 2 N–H and O–H groups in total. The molecule has 3 fully saturated rings. The van der Waals surface area contributed by atoms with Crippen LogP contribution in [0, 0.1) is 16.7 Å². The molecular formula is C51H54ClNO17. The van der Waals surface area contributed by atoms with Crippen molar-refractivity contribution in [3.05, 3.63) is 119 Å². The predicted octanol–water partition coefficient (Wildman–Crippen LogP) is 6.30. The third-order valence-corrected chi connectivity index (χ3v) is 14.2. The number of carbonyl (C=O) groups excluding carboxylic acids is 8. The first-order valence-electron chi connectivity index (χ1n) is 22.6. The summed E-state index contributed by atoms with van der Waals surface area (Å²) < 4.78 is 47.3. The summed E-state index contributed by atoms with van der Waals surface area (Å²) in [6.07, 6.45) is -12.4. The van der Waals surface area contributed by atoms with Crippen LogP contribution in [0.15, 0.2) is 102 Å². The lowest BCUT2D eigenvalue weighted by molar-refractivity contribution is -0.345. The number of esters is 4. The van der Waals surface area contributed by atoms with E-state index in [1.165, 1.54) is 58.9 Å². The number of halogens is 1. The van der Waals surface area contributed by atoms with E-state index >= 15 is 9.59 Å². The Morgan fingerprint density at radius 2 is 1.43 bits per heavy atom. The Balaban J connectivity index is 1.45. The normalized spacial score (nSPS) is 29.3. The fourth-order valence-corrected chi connectivity index (χ4v) is 10.9. The number of hydrogen-bond donors (Lipinski definition) is 2. The summed E-state index contributed by atoms with van der Waals surface area (Å²) in [5, 5.41) is 16.8. The van der Waals surface area contributed by atoms with Crippen molar-refractivity contribution in [3.8, 4) is 0 Å². The minimum absolute atomic E-state index is 0.00784. The Labute approximate surface area is 408 Å². The van der Waals surface area contributed by atoms with Crippen LogP contribution in [0.25, 0.3) is 0 Å². The zero-order chi connectivity index (χ0) is 50.9. The van der Waals surface area contributed by atoms with Crippen molar-refractivity contribution < 1.29 is 81.4 Å². The smallest absolute Gasteiger partial charge is 0.455 e. The Morgan fingerprint density at radius 1 is 0.829 bits per heavy atom. The van der Waals surface area contributed by atoms with E-state index in [9.17, 15) is 33.9 Å². The van der Waals surface area contributed by atoms with E-state index in [1.54, 1.807) is 66.7 Å². The van der Waals surface area contributed by atoms with Crippen LogP contribution in [0.3, 0.4) is 0 Å². The molecule has 11 atom stereocenters. The summed E-state index contributed by atoms with van der Waals surface area (Å²) in [5.74, 6) is -7.38. The molecule has 2 saturated carbocycles. The van der Waals surface area contributed by atoms with Crippen molar-refractivity contribution in [2.45, 2.75) is 115 Å². The highest BCUT2D eigenvalue weighted by atomic mass is 35.5. The molecule has 1 aliphatic heterocycles. The van der Waals surface area contributed by atoms with E-state index in [2.05, 4.69) is 5.32 Å². The van der Waals surface area contributed by atoms with Gasteiger partial charge in [0, 0.05) is 49.3 Å². The second-order valence-corrected chi connectivity index (χ2v) is 18.8. The average molecular weight is 988 g/mol. The topological polar surface area (TPSA) is 243 Å². The summed E-state index contributed by atoms with van der Waals surface area (Å²) in [5.41, 5.74) is -9.23. The van der Waals surface area contributed by atoms with Crippen molar-refractivity contribution in [2.24, 2.45) is 16.7 Å². The lowest BCUT2D eigenvalue weighted by atomic mass is 9.44. The molecule has 19 heteroatoms. The molecule has 3 aromatic carbocycles. The number of carbonyl (C=O) groups is 8. The molecule has 0 spiro atoms. The maximum absolute atomic E-state index is 15.9. The number of rotatable bonds is 13. The number of ketones is 1. The van der Waals surface area contributed by atoms with E-state index in [-0.39, 0.29) is 35.3 Å². The first-order valence-corrected chi connectivity index (χ1v) is 23.0. The Morgan fingerprint density at radius 3 is 1.97 bits per heavy atom. The molecule has 1 saturated heterocycles. The van der Waals surface area contributed by atoms with Gasteiger partial charge in [-0.15, -0.1) is 0 Å². The molecule has 7 unspecified atom stereocenters. The van der Waals surface area contributed by atoms with Crippen molar-refractivity contribution in [2.75, 3.05) is 13.2 Å². The van der Waals surface area contributed by atoms with Gasteiger partial charge in [-0.1, -0.05) is 80.6 Å². The molecule has 2 bridgehead atoms. The number of benzene rings is 3. The van der Waals surface area contributed by atoms with Gasteiger partial charge in [0.15, 0.2) is 17.5 Å². The number of Topliss-reactive ketones (excluding diaryl/α,β-unsaturated/α-hetero) is 1. The van der Waals surface area contributed by atoms with E-state index in [0.29, 0.717) is 5.56 Å². The molecule has 1 amide bonds. The van der Waals surface area contributed by atoms with E-state index < -0.39 is 131 Å². The van der Waals surface area contributed by atoms with Gasteiger partial charge in [0.1, 0.15) is 36.1 Å². The lowest BCUT2D eigenvalue weighted by Crippen LogP contribution is -2.82. The largest absolute Gasteiger partial charge is 0.509 e. The van der Waals surface area contributed by atoms with Gasteiger partial charge in [-0.2, -0.15) is 0 Å². The predicted molar refractivity (Wildman–Crippen MR) is 244 cm³/mol. The van der Waals surface area contributed by atoms with E-state index in [4.69, 9.17) is 49.5 Å². The number of hydrogen-bond acceptors (Lipinski definition) is 17. The van der Waals surface area contributed by atoms with Crippen LogP contribution >= 0.6 is 11.6 Å². The van der Waals surface area contributed by atoms with Gasteiger partial charge in [-0.05, 0) is 61.7 Å². The second kappa shape index (κ2) is 20.0. The molecule has 0 radical (unpaired) electrons. The minimum atomic E-state index is -2.53. The second-order valence-electron chi connectivity index (χ2n) is 18.5. The number of aliphatic hydroxyl groups is 1. The number of ether oxygens (including phenoxy) is 8. The Hall–Kier alpha value is -6.63. The quantitative estimate of drug-likeness (QED) is 0.0826. The van der Waals surface area contributed by atoms with Crippen LogP contribution in [0.4, 0.5) is 9.59 Å². The third-order valence-electron chi connectivity index (χ3n) is 14.1. The molecule has 70 heavy (non-hydrogen) atoms. The summed E-state index contributed by atoms with van der Waals surface area (Å²) in [7, 11) is 0. The molecule has 1 heterocycles. The first-order chi connectivity index (χ1) is 33.1. The van der Waals surface area contributed by atoms with Crippen LogP contribution < -0.4 is 5.32 Å². The molecule has 0 aromatic heterocycles. The zero-order valence-electron chi connectivity index (χ0n) is 39.5. The molecule has 3 aromatic rings. The van der Waals surface area contributed by atoms with Crippen molar-refractivity contribution in [1.29, 1.82) is 0 Å². The zero-order valence-corrected chi connectivity index (χ0v) is 40.2. The van der Waals surface area contributed by atoms with Crippen LogP contribution in [-0.2, 0) is 57.1 Å². The fourth-order valence-electron chi connectivity index (χ4n) is 10.8. The van der Waals surface area contributed by atoms with E-state index in [0.717, 1.165) is 13.8 Å². The maximum Gasteiger partial charge on any atom is 0.509 e. The highest BCUT2D eigenvalue weighted by molar-refractivity contribution is 6.61. The Kier molecular flexibility index (Phi) is 14.6. The van der Waals surface area contributed by atoms with Crippen molar-refractivity contribution in [3.63, 3.8) is 0 Å². The summed E-state index contributed by atoms with van der Waals surface area (Å²) in [6.45, 7) is 8.98. The number of fused-ring (bicyclic) bond motifs is 5. The standard InChI is InChI=1S/C51H54ClNO17/c1-8-63-47(61)68-39(37(30-18-12-9-13-19-30)53-43(57)31-20-14-10-15-21-31)45(59)66-33-25-51(62)42(69-44(58)32-22-16-11-17-23-32)40-49(7,41(56)38(65-28(3)54)36(27(33)2)48(51,5)6)34(67-46(52)60)24-35-50(40,26-64-35)70-29(4)55/h9-23,33-35,37-40,42,62H,8,24-26H2,1-7H3,(H,53,57)/t33?,34-,35?,37?,38+,39?,40?,42?,49+,50?,51+/m0/s1. The molecule has 372 valence electrons. The monoisotopic (exact) mass is 987 g/mol. The molecule has 18 nitrogen and oxygen atoms in total. The third kappa shape index (κ3) is 9.27. The van der Waals surface area contributed by atoms with E-state index in [1.807, 2.05) is 0 Å². The van der Waals surface area contributed by atoms with Crippen LogP contribution in [0.2, 0.25) is 0 Å². The van der Waals surface area contributed by atoms with Gasteiger partial charge < -0.3 is 48.3 Å². The highest BCUT2D eigenvalue weighted by Crippen LogP contribution is 2.65. The molecule has 4 aliphatic rings. The van der Waals surface area contributed by atoms with Gasteiger partial charge in [-0.25, -0.2) is 19.2 Å².